The Balaban J connectivity index is 0.00000240. The van der Waals surface area contributed by atoms with Gasteiger partial charge in [0.1, 0.15) is 11.5 Å². The van der Waals surface area contributed by atoms with Crippen LogP contribution in [0, 0.1) is 0 Å². The first kappa shape index (κ1) is 21.0. The smallest absolute Gasteiger partial charge is 0.272 e. The third-order valence-electron chi connectivity index (χ3n) is 5.32. The van der Waals surface area contributed by atoms with Gasteiger partial charge in [0.05, 0.1) is 18.4 Å². The van der Waals surface area contributed by atoms with E-state index in [-0.39, 0.29) is 24.4 Å². The van der Waals surface area contributed by atoms with E-state index in [0.717, 1.165) is 48.3 Å². The average molecular weight is 412 g/mol. The molecule has 1 atom stereocenters. The molecule has 0 radical (unpaired) electrons. The summed E-state index contributed by atoms with van der Waals surface area (Å²) in [5.74, 6) is 0.558. The number of amides is 1. The van der Waals surface area contributed by atoms with Crippen LogP contribution in [0.15, 0.2) is 54.9 Å². The number of piperazine rings is 1. The van der Waals surface area contributed by atoms with Crippen molar-refractivity contribution in [2.45, 2.75) is 13.0 Å². The lowest BCUT2D eigenvalue weighted by Gasteiger charge is -2.33. The zero-order chi connectivity index (χ0) is 19.5. The van der Waals surface area contributed by atoms with Crippen LogP contribution in [0.3, 0.4) is 0 Å². The summed E-state index contributed by atoms with van der Waals surface area (Å²) in [4.78, 5) is 26.1. The molecular weight excluding hydrogens is 386 g/mol. The van der Waals surface area contributed by atoms with E-state index >= 15 is 0 Å². The Hall–Kier alpha value is -2.70. The van der Waals surface area contributed by atoms with Crippen molar-refractivity contribution in [3.63, 3.8) is 0 Å². The maximum Gasteiger partial charge on any atom is 0.272 e. The molecule has 0 spiro atoms. The molecule has 2 aromatic carbocycles. The van der Waals surface area contributed by atoms with Gasteiger partial charge in [-0.15, -0.1) is 12.4 Å². The highest BCUT2D eigenvalue weighted by Crippen LogP contribution is 2.24. The van der Waals surface area contributed by atoms with Crippen molar-refractivity contribution >= 4 is 34.9 Å². The third kappa shape index (κ3) is 4.66. The van der Waals surface area contributed by atoms with Gasteiger partial charge in [-0.2, -0.15) is 0 Å². The van der Waals surface area contributed by atoms with E-state index in [1.54, 1.807) is 6.20 Å². The minimum absolute atomic E-state index is 0. The molecule has 4 rings (SSSR count). The van der Waals surface area contributed by atoms with Gasteiger partial charge in [-0.05, 0) is 30.3 Å². The molecule has 1 N–H and O–H groups in total. The highest BCUT2D eigenvalue weighted by molar-refractivity contribution is 5.93. The second-order valence-corrected chi connectivity index (χ2v) is 7.32. The van der Waals surface area contributed by atoms with Crippen LogP contribution in [0.5, 0.6) is 0 Å². The van der Waals surface area contributed by atoms with Crippen molar-refractivity contribution in [1.29, 1.82) is 0 Å². The summed E-state index contributed by atoms with van der Waals surface area (Å²) in [6, 6.07) is 14.2. The first-order valence-corrected chi connectivity index (χ1v) is 9.66. The fraction of sp³-hybridized carbons (Fsp3) is 0.318. The predicted octanol–water partition coefficient (Wildman–Crippen LogP) is 3.29. The Morgan fingerprint density at radius 3 is 2.55 bits per heavy atom. The van der Waals surface area contributed by atoms with E-state index in [1.807, 2.05) is 25.1 Å². The van der Waals surface area contributed by atoms with E-state index in [0.29, 0.717) is 5.69 Å². The second kappa shape index (κ2) is 9.20. The number of rotatable bonds is 4. The zero-order valence-electron chi connectivity index (χ0n) is 16.7. The minimum Gasteiger partial charge on any atom is -0.353 e. The number of fused-ring (bicyclic) bond motifs is 1. The molecule has 1 aromatic heterocycles. The fourth-order valence-corrected chi connectivity index (χ4v) is 3.63. The van der Waals surface area contributed by atoms with Crippen LogP contribution >= 0.6 is 12.4 Å². The molecule has 2 heterocycles. The molecule has 3 aromatic rings. The topological polar surface area (TPSA) is 61.4 Å². The van der Waals surface area contributed by atoms with Gasteiger partial charge in [-0.3, -0.25) is 9.78 Å². The molecular formula is C22H26ClN5O. The Kier molecular flexibility index (Phi) is 6.67. The lowest BCUT2D eigenvalue weighted by Crippen LogP contribution is -2.45. The van der Waals surface area contributed by atoms with Crippen molar-refractivity contribution < 1.29 is 4.79 Å². The van der Waals surface area contributed by atoms with Crippen molar-refractivity contribution in [2.75, 3.05) is 38.1 Å². The SMILES string of the molecule is C[C@@H](NC(=O)c1cncc(N2CCN(C)CC2)n1)c1cccc2ccccc12.Cl. The molecule has 1 amide bonds. The van der Waals surface area contributed by atoms with Crippen LogP contribution in [0.4, 0.5) is 5.82 Å². The number of nitrogens with zero attached hydrogens (tertiary/aromatic N) is 4. The van der Waals surface area contributed by atoms with Crippen molar-refractivity contribution in [3.8, 4) is 0 Å². The minimum atomic E-state index is -0.205. The number of likely N-dealkylation sites (N-methyl/N-ethyl adjacent to an activating group) is 1. The average Bonchev–Trinajstić information content (AvgIpc) is 2.74. The monoisotopic (exact) mass is 411 g/mol. The van der Waals surface area contributed by atoms with Gasteiger partial charge in [-0.1, -0.05) is 42.5 Å². The summed E-state index contributed by atoms with van der Waals surface area (Å²) < 4.78 is 0. The van der Waals surface area contributed by atoms with E-state index in [9.17, 15) is 4.79 Å². The fourth-order valence-electron chi connectivity index (χ4n) is 3.63. The van der Waals surface area contributed by atoms with Crippen LogP contribution in [-0.2, 0) is 0 Å². The number of anilines is 1. The maximum atomic E-state index is 12.8. The molecule has 0 aliphatic carbocycles. The summed E-state index contributed by atoms with van der Waals surface area (Å²) >= 11 is 0. The molecule has 1 saturated heterocycles. The standard InChI is InChI=1S/C22H25N5O.ClH/c1-16(18-9-5-7-17-6-3-4-8-19(17)18)24-22(28)20-14-23-15-21(25-20)27-12-10-26(2)11-13-27;/h3-9,14-16H,10-13H2,1-2H3,(H,24,28);1H/t16-;/m1./s1. The van der Waals surface area contributed by atoms with Gasteiger partial charge < -0.3 is 15.1 Å². The number of hydrogen-bond donors (Lipinski definition) is 1. The lowest BCUT2D eigenvalue weighted by molar-refractivity contribution is 0.0934. The number of nitrogens with one attached hydrogen (secondary N) is 1. The van der Waals surface area contributed by atoms with Gasteiger partial charge in [0.25, 0.3) is 5.91 Å². The quantitative estimate of drug-likeness (QED) is 0.713. The second-order valence-electron chi connectivity index (χ2n) is 7.32. The van der Waals surface area contributed by atoms with Gasteiger partial charge in [0.15, 0.2) is 0 Å². The normalized spacial score (nSPS) is 15.6. The van der Waals surface area contributed by atoms with Crippen molar-refractivity contribution in [1.82, 2.24) is 20.2 Å². The number of halogens is 1. The molecule has 152 valence electrons. The molecule has 1 fully saturated rings. The Labute approximate surface area is 177 Å². The van der Waals surface area contributed by atoms with Crippen molar-refractivity contribution in [3.05, 3.63) is 66.1 Å². The van der Waals surface area contributed by atoms with Crippen LogP contribution in [0.25, 0.3) is 10.8 Å². The highest BCUT2D eigenvalue weighted by Gasteiger charge is 2.19. The molecule has 7 heteroatoms. The number of hydrogen-bond acceptors (Lipinski definition) is 5. The van der Waals surface area contributed by atoms with Gasteiger partial charge >= 0.3 is 0 Å². The molecule has 6 nitrogen and oxygen atoms in total. The summed E-state index contributed by atoms with van der Waals surface area (Å²) in [5, 5.41) is 5.39. The van der Waals surface area contributed by atoms with E-state index in [1.165, 1.54) is 6.20 Å². The van der Waals surface area contributed by atoms with E-state index < -0.39 is 0 Å². The summed E-state index contributed by atoms with van der Waals surface area (Å²) in [6.45, 7) is 5.75. The molecule has 1 aliphatic rings. The number of carbonyl (C=O) groups excluding carboxylic acids is 1. The van der Waals surface area contributed by atoms with Crippen molar-refractivity contribution in [2.24, 2.45) is 0 Å². The van der Waals surface area contributed by atoms with Crippen LogP contribution < -0.4 is 10.2 Å². The molecule has 0 unspecified atom stereocenters. The first-order chi connectivity index (χ1) is 13.6. The number of carbonyl (C=O) groups is 1. The van der Waals surface area contributed by atoms with Gasteiger partial charge in [0.2, 0.25) is 0 Å². The zero-order valence-corrected chi connectivity index (χ0v) is 17.5. The summed E-state index contributed by atoms with van der Waals surface area (Å²) in [5.41, 5.74) is 1.44. The van der Waals surface area contributed by atoms with E-state index in [2.05, 4.69) is 56.4 Å². The predicted molar refractivity (Wildman–Crippen MR) is 119 cm³/mol. The van der Waals surface area contributed by atoms with Crippen LogP contribution in [0.1, 0.15) is 29.0 Å². The molecule has 0 bridgehead atoms. The summed E-state index contributed by atoms with van der Waals surface area (Å²) in [6.07, 6.45) is 3.26. The first-order valence-electron chi connectivity index (χ1n) is 9.66. The van der Waals surface area contributed by atoms with Crippen LogP contribution in [-0.4, -0.2) is 54.0 Å². The van der Waals surface area contributed by atoms with Gasteiger partial charge in [-0.25, -0.2) is 4.98 Å². The maximum absolute atomic E-state index is 12.8. The van der Waals surface area contributed by atoms with Gasteiger partial charge in [0, 0.05) is 26.2 Å². The number of benzene rings is 2. The molecule has 1 aliphatic heterocycles. The number of aromatic nitrogens is 2. The largest absolute Gasteiger partial charge is 0.353 e. The van der Waals surface area contributed by atoms with Crippen LogP contribution in [0.2, 0.25) is 0 Å². The molecule has 0 saturated carbocycles. The third-order valence-corrected chi connectivity index (χ3v) is 5.32. The Morgan fingerprint density at radius 2 is 1.76 bits per heavy atom. The summed E-state index contributed by atoms with van der Waals surface area (Å²) in [7, 11) is 2.11. The molecule has 29 heavy (non-hydrogen) atoms. The van der Waals surface area contributed by atoms with E-state index in [4.69, 9.17) is 0 Å². The Morgan fingerprint density at radius 1 is 1.03 bits per heavy atom. The highest BCUT2D eigenvalue weighted by atomic mass is 35.5. The Bertz CT molecular complexity index is 982. The lowest BCUT2D eigenvalue weighted by atomic mass is 9.99.